The van der Waals surface area contributed by atoms with Gasteiger partial charge in [-0.2, -0.15) is 0 Å². The molecule has 1 aromatic rings. The molecule has 0 bridgehead atoms. The van der Waals surface area contributed by atoms with Crippen LogP contribution in [0.5, 0.6) is 0 Å². The summed E-state index contributed by atoms with van der Waals surface area (Å²) in [7, 11) is 0. The summed E-state index contributed by atoms with van der Waals surface area (Å²) in [6.07, 6.45) is 1.92. The van der Waals surface area contributed by atoms with Crippen molar-refractivity contribution in [2.24, 2.45) is 0 Å². The highest BCUT2D eigenvalue weighted by atomic mass is 16.4. The Hall–Kier alpha value is -2.57. The average molecular weight is 321 g/mol. The quantitative estimate of drug-likeness (QED) is 0.586. The molecular weight excluding hydrogens is 298 g/mol. The summed E-state index contributed by atoms with van der Waals surface area (Å²) in [5.41, 5.74) is 1.62. The van der Waals surface area contributed by atoms with Crippen LogP contribution in [0.15, 0.2) is 24.3 Å². The molecule has 4 N–H and O–H groups in total. The molecule has 23 heavy (non-hydrogen) atoms. The summed E-state index contributed by atoms with van der Waals surface area (Å²) < 4.78 is 0. The molecule has 1 unspecified atom stereocenters. The molecule has 0 aliphatic rings. The molecule has 1 atom stereocenters. The van der Waals surface area contributed by atoms with Crippen LogP contribution in [0.4, 0.5) is 10.5 Å². The first-order chi connectivity index (χ1) is 10.9. The fourth-order valence-electron chi connectivity index (χ4n) is 1.97. The van der Waals surface area contributed by atoms with Gasteiger partial charge in [-0.3, -0.25) is 4.79 Å². The van der Waals surface area contributed by atoms with Gasteiger partial charge in [-0.1, -0.05) is 31.9 Å². The number of hydrogen-bond acceptors (Lipinski definition) is 3. The smallest absolute Gasteiger partial charge is 0.326 e. The molecule has 0 fully saturated rings. The molecule has 0 aromatic heterocycles. The number of aliphatic carboxylic acids is 1. The first-order valence-electron chi connectivity index (χ1n) is 7.56. The Morgan fingerprint density at radius 3 is 2.61 bits per heavy atom. The van der Waals surface area contributed by atoms with Gasteiger partial charge in [0.25, 0.3) is 0 Å². The van der Waals surface area contributed by atoms with Gasteiger partial charge in [-0.25, -0.2) is 9.59 Å². The second-order valence-corrected chi connectivity index (χ2v) is 5.28. The minimum Gasteiger partial charge on any atom is -0.480 e. The Morgan fingerprint density at radius 2 is 2.00 bits per heavy atom. The van der Waals surface area contributed by atoms with Crippen LogP contribution in [-0.2, 0) is 9.59 Å². The van der Waals surface area contributed by atoms with Gasteiger partial charge in [0.2, 0.25) is 5.91 Å². The molecule has 0 aliphatic heterocycles. The molecule has 3 amide bonds. The number of carboxylic acid groups (broad SMARTS) is 1. The maximum atomic E-state index is 11.7. The number of rotatable bonds is 8. The van der Waals surface area contributed by atoms with Crippen LogP contribution >= 0.6 is 0 Å². The van der Waals surface area contributed by atoms with Crippen molar-refractivity contribution in [3.63, 3.8) is 0 Å². The average Bonchev–Trinajstić information content (AvgIpc) is 2.49. The van der Waals surface area contributed by atoms with E-state index in [0.29, 0.717) is 18.5 Å². The number of benzene rings is 1. The van der Waals surface area contributed by atoms with Crippen LogP contribution in [0.25, 0.3) is 0 Å². The molecule has 126 valence electrons. The second-order valence-electron chi connectivity index (χ2n) is 5.28. The molecule has 0 saturated heterocycles. The first kappa shape index (κ1) is 18.5. The maximum absolute atomic E-state index is 11.7. The Morgan fingerprint density at radius 1 is 1.26 bits per heavy atom. The SMILES string of the molecule is CCCCC(NC(=O)CNC(=O)Nc1cccc(C)c1)C(=O)O. The van der Waals surface area contributed by atoms with Crippen molar-refractivity contribution in [3.05, 3.63) is 29.8 Å². The van der Waals surface area contributed by atoms with E-state index >= 15 is 0 Å². The van der Waals surface area contributed by atoms with Crippen molar-refractivity contribution in [1.29, 1.82) is 0 Å². The molecule has 0 radical (unpaired) electrons. The predicted octanol–water partition coefficient (Wildman–Crippen LogP) is 1.88. The minimum absolute atomic E-state index is 0.284. The third kappa shape index (κ3) is 7.30. The lowest BCUT2D eigenvalue weighted by atomic mass is 10.1. The summed E-state index contributed by atoms with van der Waals surface area (Å²) in [6.45, 7) is 3.56. The lowest BCUT2D eigenvalue weighted by molar-refractivity contribution is -0.141. The number of anilines is 1. The number of unbranched alkanes of at least 4 members (excludes halogenated alkanes) is 1. The van der Waals surface area contributed by atoms with Crippen molar-refractivity contribution in [3.8, 4) is 0 Å². The van der Waals surface area contributed by atoms with Gasteiger partial charge >= 0.3 is 12.0 Å². The molecule has 0 aliphatic carbocycles. The van der Waals surface area contributed by atoms with Crippen molar-refractivity contribution >= 4 is 23.6 Å². The molecular formula is C16H23N3O4. The molecule has 0 heterocycles. The first-order valence-corrected chi connectivity index (χ1v) is 7.56. The fourth-order valence-corrected chi connectivity index (χ4v) is 1.97. The van der Waals surface area contributed by atoms with Gasteiger partial charge in [0.1, 0.15) is 6.04 Å². The molecule has 0 saturated carbocycles. The van der Waals surface area contributed by atoms with Crippen molar-refractivity contribution < 1.29 is 19.5 Å². The number of carbonyl (C=O) groups excluding carboxylic acids is 2. The van der Waals surface area contributed by atoms with Crippen LogP contribution in [-0.4, -0.2) is 35.6 Å². The maximum Gasteiger partial charge on any atom is 0.326 e. The number of carbonyl (C=O) groups is 3. The van der Waals surface area contributed by atoms with E-state index in [2.05, 4.69) is 16.0 Å². The van der Waals surface area contributed by atoms with Crippen LogP contribution in [0.1, 0.15) is 31.7 Å². The normalized spacial score (nSPS) is 11.4. The summed E-state index contributed by atoms with van der Waals surface area (Å²) in [6, 6.07) is 5.79. The van der Waals surface area contributed by atoms with E-state index in [1.807, 2.05) is 26.0 Å². The number of hydrogen-bond donors (Lipinski definition) is 4. The van der Waals surface area contributed by atoms with Gasteiger partial charge in [0.15, 0.2) is 0 Å². The molecule has 0 spiro atoms. The van der Waals surface area contributed by atoms with Crippen molar-refractivity contribution in [1.82, 2.24) is 10.6 Å². The van der Waals surface area contributed by atoms with E-state index < -0.39 is 23.9 Å². The van der Waals surface area contributed by atoms with Gasteiger partial charge in [-0.15, -0.1) is 0 Å². The van der Waals surface area contributed by atoms with Crippen molar-refractivity contribution in [2.75, 3.05) is 11.9 Å². The highest BCUT2D eigenvalue weighted by Crippen LogP contribution is 2.08. The highest BCUT2D eigenvalue weighted by Gasteiger charge is 2.19. The summed E-state index contributed by atoms with van der Waals surface area (Å²) in [4.78, 5) is 34.5. The Balaban J connectivity index is 2.39. The standard InChI is InChI=1S/C16H23N3O4/c1-3-4-8-13(15(21)22)19-14(20)10-17-16(23)18-12-7-5-6-11(2)9-12/h5-7,9,13H,3-4,8,10H2,1-2H3,(H,19,20)(H,21,22)(H2,17,18,23). The second kappa shape index (κ2) is 9.45. The number of amides is 3. The van der Waals surface area contributed by atoms with Crippen LogP contribution < -0.4 is 16.0 Å². The number of aryl methyl sites for hydroxylation is 1. The van der Waals surface area contributed by atoms with Gasteiger partial charge in [0, 0.05) is 5.69 Å². The van der Waals surface area contributed by atoms with E-state index in [9.17, 15) is 14.4 Å². The zero-order valence-electron chi connectivity index (χ0n) is 13.4. The third-order valence-electron chi connectivity index (χ3n) is 3.17. The summed E-state index contributed by atoms with van der Waals surface area (Å²) in [5.74, 6) is -1.61. The zero-order chi connectivity index (χ0) is 17.2. The lowest BCUT2D eigenvalue weighted by Gasteiger charge is -2.14. The largest absolute Gasteiger partial charge is 0.480 e. The summed E-state index contributed by atoms with van der Waals surface area (Å²) >= 11 is 0. The Labute approximate surface area is 135 Å². The number of nitrogens with one attached hydrogen (secondary N) is 3. The van der Waals surface area contributed by atoms with Gasteiger partial charge < -0.3 is 21.1 Å². The molecule has 7 heteroatoms. The van der Waals surface area contributed by atoms with Gasteiger partial charge in [-0.05, 0) is 31.0 Å². The zero-order valence-corrected chi connectivity index (χ0v) is 13.4. The molecule has 1 aromatic carbocycles. The monoisotopic (exact) mass is 321 g/mol. The number of carboxylic acids is 1. The van der Waals surface area contributed by atoms with E-state index in [1.54, 1.807) is 12.1 Å². The van der Waals surface area contributed by atoms with Crippen LogP contribution in [0, 0.1) is 6.92 Å². The van der Waals surface area contributed by atoms with Crippen LogP contribution in [0.2, 0.25) is 0 Å². The van der Waals surface area contributed by atoms with Crippen molar-refractivity contribution in [2.45, 2.75) is 39.2 Å². The van der Waals surface area contributed by atoms with E-state index in [-0.39, 0.29) is 6.54 Å². The Kier molecular flexibility index (Phi) is 7.59. The minimum atomic E-state index is -1.07. The third-order valence-corrected chi connectivity index (χ3v) is 3.17. The predicted molar refractivity (Wildman–Crippen MR) is 87.3 cm³/mol. The summed E-state index contributed by atoms with van der Waals surface area (Å²) in [5, 5.41) is 16.4. The van der Waals surface area contributed by atoms with E-state index in [0.717, 1.165) is 12.0 Å². The molecule has 1 rings (SSSR count). The highest BCUT2D eigenvalue weighted by molar-refractivity contribution is 5.93. The van der Waals surface area contributed by atoms with Crippen LogP contribution in [0.3, 0.4) is 0 Å². The van der Waals surface area contributed by atoms with Gasteiger partial charge in [0.05, 0.1) is 6.54 Å². The lowest BCUT2D eigenvalue weighted by Crippen LogP contribution is -2.46. The van der Waals surface area contributed by atoms with E-state index in [4.69, 9.17) is 5.11 Å². The van der Waals surface area contributed by atoms with E-state index in [1.165, 1.54) is 0 Å². The molecule has 7 nitrogen and oxygen atoms in total. The topological polar surface area (TPSA) is 108 Å². The Bertz CT molecular complexity index is 560. The fraction of sp³-hybridized carbons (Fsp3) is 0.438. The number of urea groups is 1.